The lowest BCUT2D eigenvalue weighted by molar-refractivity contribution is -0.121. The molecule has 1 aliphatic carbocycles. The summed E-state index contributed by atoms with van der Waals surface area (Å²) >= 11 is 0. The minimum Gasteiger partial charge on any atom is -0.355 e. The summed E-state index contributed by atoms with van der Waals surface area (Å²) in [7, 11) is 1.90. The van der Waals surface area contributed by atoms with Crippen molar-refractivity contribution in [3.8, 4) is 0 Å². The molecule has 0 aromatic carbocycles. The van der Waals surface area contributed by atoms with E-state index in [4.69, 9.17) is 0 Å². The second-order valence-electron chi connectivity index (χ2n) is 4.50. The van der Waals surface area contributed by atoms with E-state index in [0.29, 0.717) is 6.42 Å². The summed E-state index contributed by atoms with van der Waals surface area (Å²) in [6.07, 6.45) is 8.61. The van der Waals surface area contributed by atoms with Gasteiger partial charge < -0.3 is 10.6 Å². The van der Waals surface area contributed by atoms with E-state index in [1.54, 1.807) is 0 Å². The Labute approximate surface area is 105 Å². The number of carbonyl (C=O) groups is 1. The number of amides is 1. The molecule has 0 unspecified atom stereocenters. The largest absolute Gasteiger partial charge is 0.355 e. The molecule has 0 aliphatic heterocycles. The van der Waals surface area contributed by atoms with Crippen molar-refractivity contribution in [2.45, 2.75) is 44.9 Å². The van der Waals surface area contributed by atoms with Crippen molar-refractivity contribution in [3.05, 3.63) is 0 Å². The van der Waals surface area contributed by atoms with Crippen molar-refractivity contribution in [2.75, 3.05) is 20.1 Å². The van der Waals surface area contributed by atoms with Gasteiger partial charge in [-0.1, -0.05) is 32.1 Å². The first kappa shape index (κ1) is 15.7. The minimum absolute atomic E-state index is 0. The molecule has 0 aromatic heterocycles. The molecule has 96 valence electrons. The number of hydrogen-bond donors (Lipinski definition) is 2. The number of likely N-dealkylation sites (N-methyl/N-ethyl adjacent to an activating group) is 1. The van der Waals surface area contributed by atoms with Gasteiger partial charge in [-0.05, 0) is 19.4 Å². The molecule has 0 saturated heterocycles. The summed E-state index contributed by atoms with van der Waals surface area (Å²) in [6, 6.07) is 0. The number of halogens is 1. The van der Waals surface area contributed by atoms with Gasteiger partial charge in [0.25, 0.3) is 0 Å². The van der Waals surface area contributed by atoms with E-state index in [9.17, 15) is 4.79 Å². The SMILES string of the molecule is CNCCNC(=O)CCC1CCCCC1.Cl. The van der Waals surface area contributed by atoms with Crippen LogP contribution in [0.1, 0.15) is 44.9 Å². The van der Waals surface area contributed by atoms with Crippen LogP contribution < -0.4 is 10.6 Å². The third kappa shape index (κ3) is 7.07. The summed E-state index contributed by atoms with van der Waals surface area (Å²) in [5, 5.41) is 5.94. The molecular weight excluding hydrogens is 224 g/mol. The zero-order valence-electron chi connectivity index (χ0n) is 10.3. The highest BCUT2D eigenvalue weighted by molar-refractivity contribution is 5.85. The Morgan fingerprint density at radius 3 is 2.50 bits per heavy atom. The fraction of sp³-hybridized carbons (Fsp3) is 0.917. The Morgan fingerprint density at radius 1 is 1.19 bits per heavy atom. The molecular formula is C12H25ClN2O. The predicted molar refractivity (Wildman–Crippen MR) is 70.0 cm³/mol. The maximum absolute atomic E-state index is 11.4. The third-order valence-electron chi connectivity index (χ3n) is 3.20. The third-order valence-corrected chi connectivity index (χ3v) is 3.20. The molecule has 1 aliphatic rings. The molecule has 16 heavy (non-hydrogen) atoms. The molecule has 4 heteroatoms. The number of hydrogen-bond acceptors (Lipinski definition) is 2. The van der Waals surface area contributed by atoms with Crippen LogP contribution in [-0.2, 0) is 4.79 Å². The summed E-state index contributed by atoms with van der Waals surface area (Å²) in [6.45, 7) is 1.61. The molecule has 0 atom stereocenters. The Hall–Kier alpha value is -0.280. The van der Waals surface area contributed by atoms with Crippen LogP contribution >= 0.6 is 12.4 Å². The fourth-order valence-corrected chi connectivity index (χ4v) is 2.23. The van der Waals surface area contributed by atoms with Crippen LogP contribution in [0, 0.1) is 5.92 Å². The molecule has 1 amide bonds. The van der Waals surface area contributed by atoms with Crippen LogP contribution in [0.5, 0.6) is 0 Å². The van der Waals surface area contributed by atoms with Crippen LogP contribution in [0.3, 0.4) is 0 Å². The number of nitrogens with one attached hydrogen (secondary N) is 2. The van der Waals surface area contributed by atoms with Crippen LogP contribution in [0.25, 0.3) is 0 Å². The first-order valence-electron chi connectivity index (χ1n) is 6.24. The van der Waals surface area contributed by atoms with Gasteiger partial charge in [0.2, 0.25) is 5.91 Å². The van der Waals surface area contributed by atoms with Crippen LogP contribution in [0.15, 0.2) is 0 Å². The van der Waals surface area contributed by atoms with E-state index in [0.717, 1.165) is 25.4 Å². The molecule has 1 fully saturated rings. The van der Waals surface area contributed by atoms with Gasteiger partial charge in [0, 0.05) is 19.5 Å². The summed E-state index contributed by atoms with van der Waals surface area (Å²) < 4.78 is 0. The van der Waals surface area contributed by atoms with Crippen molar-refractivity contribution in [1.29, 1.82) is 0 Å². The zero-order chi connectivity index (χ0) is 10.9. The van der Waals surface area contributed by atoms with Crippen molar-refractivity contribution in [1.82, 2.24) is 10.6 Å². The lowest BCUT2D eigenvalue weighted by Crippen LogP contribution is -2.30. The van der Waals surface area contributed by atoms with Crippen LogP contribution in [0.2, 0.25) is 0 Å². The van der Waals surface area contributed by atoms with Crippen molar-refractivity contribution in [2.24, 2.45) is 5.92 Å². The number of rotatable bonds is 6. The molecule has 1 saturated carbocycles. The van der Waals surface area contributed by atoms with Gasteiger partial charge in [-0.15, -0.1) is 12.4 Å². The molecule has 2 N–H and O–H groups in total. The predicted octanol–water partition coefficient (Wildman–Crippen LogP) is 2.10. The van der Waals surface area contributed by atoms with Crippen molar-refractivity contribution < 1.29 is 4.79 Å². The maximum atomic E-state index is 11.4. The average molecular weight is 249 g/mol. The molecule has 0 heterocycles. The summed E-state index contributed by atoms with van der Waals surface area (Å²) in [5.74, 6) is 1.03. The zero-order valence-corrected chi connectivity index (χ0v) is 11.1. The van der Waals surface area contributed by atoms with Gasteiger partial charge in [0.15, 0.2) is 0 Å². The molecule has 0 bridgehead atoms. The number of carbonyl (C=O) groups excluding carboxylic acids is 1. The normalized spacial score (nSPS) is 16.6. The smallest absolute Gasteiger partial charge is 0.220 e. The monoisotopic (exact) mass is 248 g/mol. The topological polar surface area (TPSA) is 41.1 Å². The molecule has 1 rings (SSSR count). The quantitative estimate of drug-likeness (QED) is 0.707. The van der Waals surface area contributed by atoms with E-state index in [2.05, 4.69) is 10.6 Å². The van der Waals surface area contributed by atoms with Gasteiger partial charge in [-0.25, -0.2) is 0 Å². The van der Waals surface area contributed by atoms with Gasteiger partial charge in [0.1, 0.15) is 0 Å². The second kappa shape index (κ2) is 9.91. The molecule has 3 nitrogen and oxygen atoms in total. The average Bonchev–Trinajstić information content (AvgIpc) is 2.28. The van der Waals surface area contributed by atoms with Gasteiger partial charge in [-0.2, -0.15) is 0 Å². The van der Waals surface area contributed by atoms with Gasteiger partial charge in [0.05, 0.1) is 0 Å². The van der Waals surface area contributed by atoms with Crippen molar-refractivity contribution in [3.63, 3.8) is 0 Å². The van der Waals surface area contributed by atoms with E-state index in [1.165, 1.54) is 32.1 Å². The summed E-state index contributed by atoms with van der Waals surface area (Å²) in [4.78, 5) is 11.4. The standard InChI is InChI=1S/C12H24N2O.ClH/c1-13-9-10-14-12(15)8-7-11-5-3-2-4-6-11;/h11,13H,2-10H2,1H3,(H,14,15);1H. The van der Waals surface area contributed by atoms with Gasteiger partial charge in [-0.3, -0.25) is 4.79 Å². The van der Waals surface area contributed by atoms with E-state index >= 15 is 0 Å². The highest BCUT2D eigenvalue weighted by Gasteiger charge is 2.14. The van der Waals surface area contributed by atoms with E-state index in [-0.39, 0.29) is 18.3 Å². The van der Waals surface area contributed by atoms with Gasteiger partial charge >= 0.3 is 0 Å². The highest BCUT2D eigenvalue weighted by atomic mass is 35.5. The maximum Gasteiger partial charge on any atom is 0.220 e. The molecule has 0 radical (unpaired) electrons. The van der Waals surface area contributed by atoms with Crippen LogP contribution in [0.4, 0.5) is 0 Å². The second-order valence-corrected chi connectivity index (χ2v) is 4.50. The first-order valence-corrected chi connectivity index (χ1v) is 6.24. The van der Waals surface area contributed by atoms with E-state index in [1.807, 2.05) is 7.05 Å². The lowest BCUT2D eigenvalue weighted by atomic mass is 9.86. The Morgan fingerprint density at radius 2 is 1.88 bits per heavy atom. The van der Waals surface area contributed by atoms with Crippen molar-refractivity contribution >= 4 is 18.3 Å². The Bertz CT molecular complexity index is 182. The highest BCUT2D eigenvalue weighted by Crippen LogP contribution is 2.26. The summed E-state index contributed by atoms with van der Waals surface area (Å²) in [5.41, 5.74) is 0. The fourth-order valence-electron chi connectivity index (χ4n) is 2.23. The lowest BCUT2D eigenvalue weighted by Gasteiger charge is -2.20. The van der Waals surface area contributed by atoms with E-state index < -0.39 is 0 Å². The van der Waals surface area contributed by atoms with Crippen LogP contribution in [-0.4, -0.2) is 26.0 Å². The molecule has 0 spiro atoms. The first-order chi connectivity index (χ1) is 7.33. The minimum atomic E-state index is 0. The Balaban J connectivity index is 0.00000225. The molecule has 0 aromatic rings. The Kier molecular flexibility index (Phi) is 9.74.